The molecule has 6 nitrogen and oxygen atoms in total. The molecule has 0 bridgehead atoms. The number of rotatable bonds is 4. The molecule has 0 radical (unpaired) electrons. The SMILES string of the molecule is COc1cc(N)ccc1Oc1nccn(C2CC2)c1=O. The molecule has 6 heteroatoms. The van der Waals surface area contributed by atoms with Crippen LogP contribution < -0.4 is 20.8 Å². The number of hydrogen-bond donors (Lipinski definition) is 1. The minimum Gasteiger partial charge on any atom is -0.493 e. The number of benzene rings is 1. The van der Waals surface area contributed by atoms with Crippen molar-refractivity contribution in [1.82, 2.24) is 9.55 Å². The highest BCUT2D eigenvalue weighted by molar-refractivity contribution is 5.52. The lowest BCUT2D eigenvalue weighted by molar-refractivity contribution is 0.370. The molecule has 1 aromatic carbocycles. The minimum absolute atomic E-state index is 0.0440. The maximum Gasteiger partial charge on any atom is 0.313 e. The van der Waals surface area contributed by atoms with E-state index in [9.17, 15) is 4.79 Å². The van der Waals surface area contributed by atoms with E-state index >= 15 is 0 Å². The first-order chi connectivity index (χ1) is 9.69. The molecular formula is C14H15N3O3. The summed E-state index contributed by atoms with van der Waals surface area (Å²) in [7, 11) is 1.52. The van der Waals surface area contributed by atoms with Crippen LogP contribution in [-0.2, 0) is 0 Å². The fourth-order valence-electron chi connectivity index (χ4n) is 1.99. The number of hydrogen-bond acceptors (Lipinski definition) is 5. The molecule has 0 saturated heterocycles. The molecule has 1 fully saturated rings. The molecule has 0 atom stereocenters. The van der Waals surface area contributed by atoms with Gasteiger partial charge in [0.15, 0.2) is 11.5 Å². The van der Waals surface area contributed by atoms with Gasteiger partial charge in [-0.05, 0) is 25.0 Å². The standard InChI is InChI=1S/C14H15N3O3/c1-19-12-8-9(15)2-5-11(12)20-13-14(18)17(7-6-16-13)10-3-4-10/h2,5-8,10H,3-4,15H2,1H3. The van der Waals surface area contributed by atoms with Crippen molar-refractivity contribution >= 4 is 5.69 Å². The average Bonchev–Trinajstić information content (AvgIpc) is 3.27. The van der Waals surface area contributed by atoms with Crippen LogP contribution in [0.15, 0.2) is 35.4 Å². The Balaban J connectivity index is 1.95. The molecule has 20 heavy (non-hydrogen) atoms. The topological polar surface area (TPSA) is 79.4 Å². The number of methoxy groups -OCH3 is 1. The zero-order chi connectivity index (χ0) is 14.1. The van der Waals surface area contributed by atoms with Gasteiger partial charge in [-0.2, -0.15) is 0 Å². The predicted octanol–water partition coefficient (Wildman–Crippen LogP) is 1.96. The maximum atomic E-state index is 12.2. The quantitative estimate of drug-likeness (QED) is 0.861. The Bertz CT molecular complexity index is 692. The van der Waals surface area contributed by atoms with E-state index in [0.717, 1.165) is 12.8 Å². The van der Waals surface area contributed by atoms with E-state index in [1.54, 1.807) is 35.2 Å². The Morgan fingerprint density at radius 2 is 2.15 bits per heavy atom. The molecule has 104 valence electrons. The number of anilines is 1. The van der Waals surface area contributed by atoms with E-state index in [4.69, 9.17) is 15.2 Å². The van der Waals surface area contributed by atoms with Gasteiger partial charge in [0.2, 0.25) is 0 Å². The summed E-state index contributed by atoms with van der Waals surface area (Å²) < 4.78 is 12.4. The molecular weight excluding hydrogens is 258 g/mol. The van der Waals surface area contributed by atoms with E-state index in [0.29, 0.717) is 17.2 Å². The van der Waals surface area contributed by atoms with E-state index in [1.807, 2.05) is 0 Å². The Morgan fingerprint density at radius 3 is 2.85 bits per heavy atom. The molecule has 0 aliphatic heterocycles. The van der Waals surface area contributed by atoms with Crippen molar-refractivity contribution in [2.75, 3.05) is 12.8 Å². The molecule has 1 aliphatic rings. The summed E-state index contributed by atoms with van der Waals surface area (Å²) in [4.78, 5) is 16.2. The maximum absolute atomic E-state index is 12.2. The fourth-order valence-corrected chi connectivity index (χ4v) is 1.99. The van der Waals surface area contributed by atoms with Crippen molar-refractivity contribution in [2.45, 2.75) is 18.9 Å². The van der Waals surface area contributed by atoms with Crippen molar-refractivity contribution in [3.63, 3.8) is 0 Å². The molecule has 1 aliphatic carbocycles. The van der Waals surface area contributed by atoms with Gasteiger partial charge in [0.25, 0.3) is 5.88 Å². The highest BCUT2D eigenvalue weighted by Gasteiger charge is 2.25. The summed E-state index contributed by atoms with van der Waals surface area (Å²) in [6.07, 6.45) is 5.30. The van der Waals surface area contributed by atoms with Gasteiger partial charge in [-0.3, -0.25) is 4.79 Å². The van der Waals surface area contributed by atoms with Crippen LogP contribution >= 0.6 is 0 Å². The first-order valence-corrected chi connectivity index (χ1v) is 6.37. The summed E-state index contributed by atoms with van der Waals surface area (Å²) in [5.41, 5.74) is 6.01. The number of ether oxygens (including phenoxy) is 2. The van der Waals surface area contributed by atoms with Gasteiger partial charge < -0.3 is 19.8 Å². The van der Waals surface area contributed by atoms with Gasteiger partial charge in [-0.15, -0.1) is 0 Å². The van der Waals surface area contributed by atoms with Crippen LogP contribution in [0, 0.1) is 0 Å². The third-order valence-corrected chi connectivity index (χ3v) is 3.17. The van der Waals surface area contributed by atoms with Crippen LogP contribution in [-0.4, -0.2) is 16.7 Å². The van der Waals surface area contributed by atoms with Crippen molar-refractivity contribution in [3.8, 4) is 17.4 Å². The van der Waals surface area contributed by atoms with Gasteiger partial charge in [0.1, 0.15) is 0 Å². The number of nitrogens with two attached hydrogens (primary N) is 1. The molecule has 1 saturated carbocycles. The normalized spacial score (nSPS) is 14.1. The summed E-state index contributed by atoms with van der Waals surface area (Å²) >= 11 is 0. The number of nitrogen functional groups attached to an aromatic ring is 1. The molecule has 2 N–H and O–H groups in total. The van der Waals surface area contributed by atoms with E-state index in [-0.39, 0.29) is 17.5 Å². The summed E-state index contributed by atoms with van der Waals surface area (Å²) in [6, 6.07) is 5.25. The Labute approximate surface area is 115 Å². The van der Waals surface area contributed by atoms with E-state index in [1.165, 1.54) is 7.11 Å². The van der Waals surface area contributed by atoms with Gasteiger partial charge >= 0.3 is 5.56 Å². The third kappa shape index (κ3) is 2.32. The van der Waals surface area contributed by atoms with Crippen LogP contribution in [0.3, 0.4) is 0 Å². The zero-order valence-electron chi connectivity index (χ0n) is 11.1. The summed E-state index contributed by atoms with van der Waals surface area (Å²) in [5.74, 6) is 0.926. The fraction of sp³-hybridized carbons (Fsp3) is 0.286. The second kappa shape index (κ2) is 4.88. The second-order valence-electron chi connectivity index (χ2n) is 4.69. The van der Waals surface area contributed by atoms with Crippen molar-refractivity contribution < 1.29 is 9.47 Å². The van der Waals surface area contributed by atoms with E-state index in [2.05, 4.69) is 4.98 Å². The van der Waals surface area contributed by atoms with Crippen LogP contribution in [0.2, 0.25) is 0 Å². The van der Waals surface area contributed by atoms with Crippen LogP contribution in [0.25, 0.3) is 0 Å². The highest BCUT2D eigenvalue weighted by atomic mass is 16.5. The van der Waals surface area contributed by atoms with Crippen LogP contribution in [0.4, 0.5) is 5.69 Å². The summed E-state index contributed by atoms with van der Waals surface area (Å²) in [5, 5.41) is 0. The molecule has 0 unspecified atom stereocenters. The lowest BCUT2D eigenvalue weighted by Crippen LogP contribution is -2.20. The Morgan fingerprint density at radius 1 is 1.35 bits per heavy atom. The third-order valence-electron chi connectivity index (χ3n) is 3.17. The van der Waals surface area contributed by atoms with Crippen molar-refractivity contribution in [3.05, 3.63) is 40.9 Å². The first-order valence-electron chi connectivity index (χ1n) is 6.37. The molecule has 0 spiro atoms. The molecule has 1 heterocycles. The monoisotopic (exact) mass is 273 g/mol. The van der Waals surface area contributed by atoms with Gasteiger partial charge in [0.05, 0.1) is 7.11 Å². The van der Waals surface area contributed by atoms with Gasteiger partial charge in [-0.1, -0.05) is 0 Å². The smallest absolute Gasteiger partial charge is 0.313 e. The van der Waals surface area contributed by atoms with Crippen molar-refractivity contribution in [1.29, 1.82) is 0 Å². The van der Waals surface area contributed by atoms with Crippen molar-refractivity contribution in [2.24, 2.45) is 0 Å². The number of aromatic nitrogens is 2. The van der Waals surface area contributed by atoms with E-state index < -0.39 is 0 Å². The predicted molar refractivity (Wildman–Crippen MR) is 74.2 cm³/mol. The molecule has 2 aromatic rings. The summed E-state index contributed by atoms with van der Waals surface area (Å²) in [6.45, 7) is 0. The largest absolute Gasteiger partial charge is 0.493 e. The lowest BCUT2D eigenvalue weighted by Gasteiger charge is -2.10. The van der Waals surface area contributed by atoms with Crippen LogP contribution in [0.5, 0.6) is 17.4 Å². The average molecular weight is 273 g/mol. The van der Waals surface area contributed by atoms with Gasteiger partial charge in [0, 0.05) is 30.2 Å². The Hall–Kier alpha value is -2.50. The minimum atomic E-state index is -0.228. The molecule has 0 amide bonds. The number of nitrogens with zero attached hydrogens (tertiary/aromatic N) is 2. The first kappa shape index (κ1) is 12.5. The van der Waals surface area contributed by atoms with Gasteiger partial charge in [-0.25, -0.2) is 4.98 Å². The van der Waals surface area contributed by atoms with Crippen LogP contribution in [0.1, 0.15) is 18.9 Å². The molecule has 1 aromatic heterocycles. The Kier molecular flexibility index (Phi) is 3.06. The second-order valence-corrected chi connectivity index (χ2v) is 4.69. The highest BCUT2D eigenvalue weighted by Crippen LogP contribution is 2.34. The zero-order valence-corrected chi connectivity index (χ0v) is 11.1. The molecule has 3 rings (SSSR count). The lowest BCUT2D eigenvalue weighted by atomic mass is 10.3.